The van der Waals surface area contributed by atoms with Crippen LogP contribution in [0.1, 0.15) is 18.4 Å². The Morgan fingerprint density at radius 2 is 2.00 bits per heavy atom. The molecular weight excluding hydrogens is 268 g/mol. The highest BCUT2D eigenvalue weighted by atomic mass is 16.5. The van der Waals surface area contributed by atoms with E-state index >= 15 is 0 Å². The molecule has 1 aliphatic heterocycles. The summed E-state index contributed by atoms with van der Waals surface area (Å²) in [6, 6.07) is 9.20. The summed E-state index contributed by atoms with van der Waals surface area (Å²) in [6.07, 6.45) is 1.56. The van der Waals surface area contributed by atoms with Gasteiger partial charge in [-0.2, -0.15) is 0 Å². The van der Waals surface area contributed by atoms with E-state index in [1.165, 1.54) is 0 Å². The maximum atomic E-state index is 12.0. The highest BCUT2D eigenvalue weighted by molar-refractivity contribution is 5.81. The van der Waals surface area contributed by atoms with Crippen molar-refractivity contribution in [3.63, 3.8) is 0 Å². The average Bonchev–Trinajstić information content (AvgIpc) is 2.53. The van der Waals surface area contributed by atoms with E-state index < -0.39 is 12.1 Å². The average molecular weight is 292 g/mol. The van der Waals surface area contributed by atoms with Gasteiger partial charge in [0.15, 0.2) is 0 Å². The van der Waals surface area contributed by atoms with E-state index in [0.29, 0.717) is 19.6 Å². The fourth-order valence-electron chi connectivity index (χ4n) is 2.58. The number of aliphatic hydroxyl groups is 1. The van der Waals surface area contributed by atoms with Crippen molar-refractivity contribution < 1.29 is 14.6 Å². The summed E-state index contributed by atoms with van der Waals surface area (Å²) in [7, 11) is 0. The SMILES string of the molecule is NC(C(=O)NCC(O)Cc1ccccc1)C1CCOCC1. The summed E-state index contributed by atoms with van der Waals surface area (Å²) < 4.78 is 5.27. The van der Waals surface area contributed by atoms with Gasteiger partial charge < -0.3 is 20.9 Å². The maximum Gasteiger partial charge on any atom is 0.237 e. The van der Waals surface area contributed by atoms with Crippen molar-refractivity contribution in [2.45, 2.75) is 31.4 Å². The molecule has 2 rings (SSSR count). The Hall–Kier alpha value is -1.43. The summed E-state index contributed by atoms with van der Waals surface area (Å²) in [6.45, 7) is 1.56. The van der Waals surface area contributed by atoms with E-state index in [4.69, 9.17) is 10.5 Å². The van der Waals surface area contributed by atoms with Crippen LogP contribution in [0.3, 0.4) is 0 Å². The van der Waals surface area contributed by atoms with Gasteiger partial charge in [0.2, 0.25) is 5.91 Å². The molecule has 0 bridgehead atoms. The molecule has 0 spiro atoms. The third kappa shape index (κ3) is 5.12. The molecule has 1 aromatic rings. The Labute approximate surface area is 125 Å². The van der Waals surface area contributed by atoms with Gasteiger partial charge in [-0.15, -0.1) is 0 Å². The number of ether oxygens (including phenoxy) is 1. The van der Waals surface area contributed by atoms with E-state index in [2.05, 4.69) is 5.32 Å². The fourth-order valence-corrected chi connectivity index (χ4v) is 2.58. The van der Waals surface area contributed by atoms with E-state index in [0.717, 1.165) is 18.4 Å². The minimum atomic E-state index is -0.599. The first-order valence-electron chi connectivity index (χ1n) is 7.50. The molecule has 1 fully saturated rings. The molecule has 21 heavy (non-hydrogen) atoms. The molecule has 1 aromatic carbocycles. The molecular formula is C16H24N2O3. The molecule has 0 aromatic heterocycles. The maximum absolute atomic E-state index is 12.0. The molecule has 0 saturated carbocycles. The van der Waals surface area contributed by atoms with E-state index in [1.54, 1.807) is 0 Å². The first-order chi connectivity index (χ1) is 10.2. The van der Waals surface area contributed by atoms with Gasteiger partial charge >= 0.3 is 0 Å². The van der Waals surface area contributed by atoms with Crippen LogP contribution in [0.25, 0.3) is 0 Å². The first kappa shape index (κ1) is 15.9. The largest absolute Gasteiger partial charge is 0.391 e. The van der Waals surface area contributed by atoms with Crippen LogP contribution in [0.5, 0.6) is 0 Å². The summed E-state index contributed by atoms with van der Waals surface area (Å²) in [5, 5.41) is 12.7. The minimum Gasteiger partial charge on any atom is -0.391 e. The lowest BCUT2D eigenvalue weighted by atomic mass is 9.92. The fraction of sp³-hybridized carbons (Fsp3) is 0.562. The highest BCUT2D eigenvalue weighted by Gasteiger charge is 2.26. The van der Waals surface area contributed by atoms with E-state index in [1.807, 2.05) is 30.3 Å². The predicted molar refractivity (Wildman–Crippen MR) is 80.7 cm³/mol. The monoisotopic (exact) mass is 292 g/mol. The molecule has 1 amide bonds. The van der Waals surface area contributed by atoms with Crippen LogP contribution < -0.4 is 11.1 Å². The Balaban J connectivity index is 1.72. The van der Waals surface area contributed by atoms with Crippen LogP contribution in [-0.2, 0) is 16.0 Å². The normalized spacial score (nSPS) is 19.0. The van der Waals surface area contributed by atoms with Gasteiger partial charge in [0, 0.05) is 26.2 Å². The van der Waals surface area contributed by atoms with Crippen molar-refractivity contribution in [1.29, 1.82) is 0 Å². The zero-order valence-corrected chi connectivity index (χ0v) is 12.2. The van der Waals surface area contributed by atoms with Gasteiger partial charge in [0.25, 0.3) is 0 Å². The van der Waals surface area contributed by atoms with Crippen LogP contribution in [0.4, 0.5) is 0 Å². The number of nitrogens with two attached hydrogens (primary N) is 1. The molecule has 0 radical (unpaired) electrons. The number of hydrogen-bond donors (Lipinski definition) is 3. The van der Waals surface area contributed by atoms with Gasteiger partial charge in [0.1, 0.15) is 0 Å². The lowest BCUT2D eigenvalue weighted by Crippen LogP contribution is -2.48. The standard InChI is InChI=1S/C16H24N2O3/c17-15(13-6-8-21-9-7-13)16(20)18-11-14(19)10-12-4-2-1-3-5-12/h1-5,13-15,19H,6-11,17H2,(H,18,20). The van der Waals surface area contributed by atoms with Gasteiger partial charge in [-0.1, -0.05) is 30.3 Å². The van der Waals surface area contributed by atoms with Crippen molar-refractivity contribution >= 4 is 5.91 Å². The van der Waals surface area contributed by atoms with Crippen LogP contribution >= 0.6 is 0 Å². The highest BCUT2D eigenvalue weighted by Crippen LogP contribution is 2.17. The Morgan fingerprint density at radius 1 is 1.33 bits per heavy atom. The van der Waals surface area contributed by atoms with E-state index in [9.17, 15) is 9.90 Å². The number of hydrogen-bond acceptors (Lipinski definition) is 4. The molecule has 1 aliphatic rings. The first-order valence-corrected chi connectivity index (χ1v) is 7.50. The number of carbonyl (C=O) groups excluding carboxylic acids is 1. The Morgan fingerprint density at radius 3 is 2.67 bits per heavy atom. The zero-order valence-electron chi connectivity index (χ0n) is 12.2. The molecule has 5 nitrogen and oxygen atoms in total. The van der Waals surface area contributed by atoms with Gasteiger partial charge in [-0.05, 0) is 24.3 Å². The third-order valence-corrected chi connectivity index (χ3v) is 3.90. The Bertz CT molecular complexity index is 432. The van der Waals surface area contributed by atoms with Crippen molar-refractivity contribution in [2.24, 2.45) is 11.7 Å². The van der Waals surface area contributed by atoms with E-state index in [-0.39, 0.29) is 18.4 Å². The molecule has 0 aliphatic carbocycles. The summed E-state index contributed by atoms with van der Waals surface area (Å²) >= 11 is 0. The molecule has 1 saturated heterocycles. The van der Waals surface area contributed by atoms with Crippen molar-refractivity contribution in [2.75, 3.05) is 19.8 Å². The van der Waals surface area contributed by atoms with Crippen LogP contribution in [0, 0.1) is 5.92 Å². The molecule has 2 atom stereocenters. The molecule has 4 N–H and O–H groups in total. The lowest BCUT2D eigenvalue weighted by Gasteiger charge is -2.27. The smallest absolute Gasteiger partial charge is 0.237 e. The van der Waals surface area contributed by atoms with Crippen LogP contribution in [-0.4, -0.2) is 42.9 Å². The third-order valence-electron chi connectivity index (χ3n) is 3.90. The van der Waals surface area contributed by atoms with Gasteiger partial charge in [-0.3, -0.25) is 4.79 Å². The number of aliphatic hydroxyl groups excluding tert-OH is 1. The second kappa shape index (κ2) is 8.12. The summed E-state index contributed by atoms with van der Waals surface area (Å²) in [4.78, 5) is 12.0. The van der Waals surface area contributed by atoms with Crippen LogP contribution in [0.15, 0.2) is 30.3 Å². The lowest BCUT2D eigenvalue weighted by molar-refractivity contribution is -0.124. The number of nitrogens with one attached hydrogen (secondary N) is 1. The minimum absolute atomic E-state index is 0.171. The van der Waals surface area contributed by atoms with Gasteiger partial charge in [-0.25, -0.2) is 0 Å². The summed E-state index contributed by atoms with van der Waals surface area (Å²) in [5.41, 5.74) is 7.03. The molecule has 116 valence electrons. The quantitative estimate of drug-likeness (QED) is 0.711. The van der Waals surface area contributed by atoms with Crippen molar-refractivity contribution in [3.8, 4) is 0 Å². The molecule has 5 heteroatoms. The second-order valence-corrected chi connectivity index (χ2v) is 5.56. The number of benzene rings is 1. The second-order valence-electron chi connectivity index (χ2n) is 5.56. The molecule has 2 unspecified atom stereocenters. The zero-order chi connectivity index (χ0) is 15.1. The number of rotatable bonds is 6. The summed E-state index contributed by atoms with van der Waals surface area (Å²) in [5.74, 6) is -0.0148. The van der Waals surface area contributed by atoms with Crippen molar-refractivity contribution in [1.82, 2.24) is 5.32 Å². The van der Waals surface area contributed by atoms with Crippen molar-refractivity contribution in [3.05, 3.63) is 35.9 Å². The van der Waals surface area contributed by atoms with Gasteiger partial charge in [0.05, 0.1) is 12.1 Å². The number of carbonyl (C=O) groups is 1. The predicted octanol–water partition coefficient (Wildman–Crippen LogP) is 0.460. The Kier molecular flexibility index (Phi) is 6.17. The number of amides is 1. The van der Waals surface area contributed by atoms with Crippen LogP contribution in [0.2, 0.25) is 0 Å². The molecule has 1 heterocycles. The topological polar surface area (TPSA) is 84.6 Å².